The smallest absolute Gasteiger partial charge is 0.316 e. The first-order valence-electron chi connectivity index (χ1n) is 7.55. The lowest BCUT2D eigenvalue weighted by atomic mass is 10.1. The topological polar surface area (TPSA) is 98.5 Å². The van der Waals surface area contributed by atoms with Crippen LogP contribution in [0.2, 0.25) is 0 Å². The van der Waals surface area contributed by atoms with Gasteiger partial charge < -0.3 is 14.6 Å². The Bertz CT molecular complexity index is 745. The highest BCUT2D eigenvalue weighted by atomic mass is 32.2. The molecule has 132 valence electrons. The van der Waals surface area contributed by atoms with Crippen molar-refractivity contribution < 1.29 is 23.6 Å². The van der Waals surface area contributed by atoms with Crippen molar-refractivity contribution in [3.05, 3.63) is 47.7 Å². The van der Waals surface area contributed by atoms with Gasteiger partial charge in [-0.05, 0) is 13.8 Å². The molecule has 1 N–H and O–H groups in total. The van der Waals surface area contributed by atoms with Crippen LogP contribution in [0.15, 0.2) is 40.9 Å². The van der Waals surface area contributed by atoms with Crippen molar-refractivity contribution in [2.24, 2.45) is 0 Å². The van der Waals surface area contributed by atoms with Crippen molar-refractivity contribution in [3.8, 4) is 0 Å². The summed E-state index contributed by atoms with van der Waals surface area (Å²) >= 11 is 1.11. The van der Waals surface area contributed by atoms with Gasteiger partial charge in [-0.2, -0.15) is 0 Å². The number of Topliss-reactive ketones (excluding diaryl/α,β-unsaturated/α-hetero) is 1. The number of ketones is 1. The number of amides is 1. The second-order valence-corrected chi connectivity index (χ2v) is 6.54. The molecule has 7 nitrogen and oxygen atoms in total. The molecule has 8 heteroatoms. The third-order valence-electron chi connectivity index (χ3n) is 3.16. The molecule has 1 heterocycles. The van der Waals surface area contributed by atoms with Gasteiger partial charge in [0.05, 0.1) is 11.0 Å². The second-order valence-electron chi connectivity index (χ2n) is 5.22. The predicted octanol–water partition coefficient (Wildman–Crippen LogP) is 2.47. The number of nitrogens with zero attached hydrogens (tertiary/aromatic N) is 1. The number of hydrogen-bond donors (Lipinski definition) is 1. The van der Waals surface area contributed by atoms with Crippen molar-refractivity contribution >= 4 is 35.2 Å². The van der Waals surface area contributed by atoms with E-state index in [0.29, 0.717) is 17.1 Å². The van der Waals surface area contributed by atoms with Gasteiger partial charge >= 0.3 is 5.97 Å². The molecule has 0 spiro atoms. The maximum atomic E-state index is 12.0. The van der Waals surface area contributed by atoms with Gasteiger partial charge in [-0.1, -0.05) is 35.5 Å². The highest BCUT2D eigenvalue weighted by Gasteiger charge is 2.18. The molecule has 2 rings (SSSR count). The highest BCUT2D eigenvalue weighted by Crippen LogP contribution is 2.14. The molecule has 1 aromatic carbocycles. The molecule has 2 aromatic rings. The zero-order valence-electron chi connectivity index (χ0n) is 13.9. The standard InChI is InChI=1S/C17H18N2O5S/c1-11-8-15(19-24-11)18-17(22)12(2)25-10-16(21)23-9-14(20)13-6-4-3-5-7-13/h3-8,12H,9-10H2,1-2H3,(H,18,19,22)/t12-/m1/s1. The van der Waals surface area contributed by atoms with Crippen LogP contribution in [0.5, 0.6) is 0 Å². The van der Waals surface area contributed by atoms with Crippen LogP contribution >= 0.6 is 11.8 Å². The van der Waals surface area contributed by atoms with Crippen LogP contribution in [-0.4, -0.2) is 40.4 Å². The molecular weight excluding hydrogens is 344 g/mol. The molecular formula is C17H18N2O5S. The molecule has 0 saturated carbocycles. The fourth-order valence-electron chi connectivity index (χ4n) is 1.82. The first kappa shape index (κ1) is 18.7. The van der Waals surface area contributed by atoms with E-state index in [2.05, 4.69) is 10.5 Å². The normalized spacial score (nSPS) is 11.6. The van der Waals surface area contributed by atoms with Crippen molar-refractivity contribution in [1.82, 2.24) is 5.16 Å². The van der Waals surface area contributed by atoms with Crippen molar-refractivity contribution in [2.45, 2.75) is 19.1 Å². The number of rotatable bonds is 8. The molecule has 1 amide bonds. The summed E-state index contributed by atoms with van der Waals surface area (Å²) in [6.07, 6.45) is 0. The minimum atomic E-state index is -0.550. The van der Waals surface area contributed by atoms with Crippen LogP contribution in [0.25, 0.3) is 0 Å². The Morgan fingerprint density at radius 2 is 2.00 bits per heavy atom. The van der Waals surface area contributed by atoms with Crippen LogP contribution in [0.3, 0.4) is 0 Å². The molecule has 0 aliphatic rings. The maximum Gasteiger partial charge on any atom is 0.316 e. The molecule has 0 aliphatic heterocycles. The first-order chi connectivity index (χ1) is 12.0. The Morgan fingerprint density at radius 1 is 1.28 bits per heavy atom. The molecule has 25 heavy (non-hydrogen) atoms. The molecule has 0 bridgehead atoms. The van der Waals surface area contributed by atoms with E-state index >= 15 is 0 Å². The summed E-state index contributed by atoms with van der Waals surface area (Å²) in [6, 6.07) is 10.2. The summed E-state index contributed by atoms with van der Waals surface area (Å²) in [5, 5.41) is 5.76. The Kier molecular flexibility index (Phi) is 6.76. The summed E-state index contributed by atoms with van der Waals surface area (Å²) < 4.78 is 9.80. The van der Waals surface area contributed by atoms with E-state index in [-0.39, 0.29) is 24.1 Å². The Balaban J connectivity index is 1.70. The second kappa shape index (κ2) is 9.03. The number of benzene rings is 1. The summed E-state index contributed by atoms with van der Waals surface area (Å²) in [6.45, 7) is 3.06. The largest absolute Gasteiger partial charge is 0.457 e. The van der Waals surface area contributed by atoms with Gasteiger partial charge in [-0.15, -0.1) is 11.8 Å². The van der Waals surface area contributed by atoms with Crippen molar-refractivity contribution in [1.29, 1.82) is 0 Å². The lowest BCUT2D eigenvalue weighted by molar-refractivity contribution is -0.139. The summed E-state index contributed by atoms with van der Waals surface area (Å²) in [7, 11) is 0. The lowest BCUT2D eigenvalue weighted by Crippen LogP contribution is -2.24. The number of carbonyl (C=O) groups is 3. The van der Waals surface area contributed by atoms with Crippen LogP contribution in [0.1, 0.15) is 23.0 Å². The number of nitrogens with one attached hydrogen (secondary N) is 1. The van der Waals surface area contributed by atoms with E-state index in [0.717, 1.165) is 11.8 Å². The van der Waals surface area contributed by atoms with E-state index < -0.39 is 11.2 Å². The van der Waals surface area contributed by atoms with Crippen molar-refractivity contribution in [3.63, 3.8) is 0 Å². The Hall–Kier alpha value is -2.61. The Labute approximate surface area is 149 Å². The third-order valence-corrected chi connectivity index (χ3v) is 4.28. The van der Waals surface area contributed by atoms with Gasteiger partial charge in [0.15, 0.2) is 18.2 Å². The third kappa shape index (κ3) is 6.07. The summed E-state index contributed by atoms with van der Waals surface area (Å²) in [4.78, 5) is 35.5. The molecule has 1 aromatic heterocycles. The minimum Gasteiger partial charge on any atom is -0.457 e. The van der Waals surface area contributed by atoms with E-state index in [4.69, 9.17) is 9.26 Å². The van der Waals surface area contributed by atoms with Gasteiger partial charge in [0.25, 0.3) is 0 Å². The predicted molar refractivity (Wildman–Crippen MR) is 93.5 cm³/mol. The minimum absolute atomic E-state index is 0.0332. The number of aromatic nitrogens is 1. The van der Waals surface area contributed by atoms with Crippen LogP contribution < -0.4 is 5.32 Å². The number of carbonyl (C=O) groups excluding carboxylic acids is 3. The number of ether oxygens (including phenoxy) is 1. The number of hydrogen-bond acceptors (Lipinski definition) is 7. The monoisotopic (exact) mass is 362 g/mol. The van der Waals surface area contributed by atoms with Crippen molar-refractivity contribution in [2.75, 3.05) is 17.7 Å². The number of aryl methyl sites for hydroxylation is 1. The summed E-state index contributed by atoms with van der Waals surface area (Å²) in [5.74, 6) is -0.244. The molecule has 0 radical (unpaired) electrons. The van der Waals surface area contributed by atoms with Gasteiger partial charge in [-0.3, -0.25) is 14.4 Å². The fraction of sp³-hybridized carbons (Fsp3) is 0.294. The van der Waals surface area contributed by atoms with Crippen LogP contribution in [0, 0.1) is 6.92 Å². The zero-order valence-corrected chi connectivity index (χ0v) is 14.7. The fourth-order valence-corrected chi connectivity index (χ4v) is 2.50. The van der Waals surface area contributed by atoms with E-state index in [9.17, 15) is 14.4 Å². The van der Waals surface area contributed by atoms with Gasteiger partial charge in [0.1, 0.15) is 5.76 Å². The maximum absolute atomic E-state index is 12.0. The lowest BCUT2D eigenvalue weighted by Gasteiger charge is -2.10. The average Bonchev–Trinajstić information content (AvgIpc) is 3.02. The average molecular weight is 362 g/mol. The highest BCUT2D eigenvalue weighted by molar-refractivity contribution is 8.01. The summed E-state index contributed by atoms with van der Waals surface area (Å²) in [5.41, 5.74) is 0.485. The molecule has 0 unspecified atom stereocenters. The first-order valence-corrected chi connectivity index (χ1v) is 8.60. The zero-order chi connectivity index (χ0) is 18.2. The molecule has 0 fully saturated rings. The van der Waals surface area contributed by atoms with E-state index in [1.54, 1.807) is 50.2 Å². The van der Waals surface area contributed by atoms with Crippen LogP contribution in [0.4, 0.5) is 5.82 Å². The SMILES string of the molecule is Cc1cc(NC(=O)[C@@H](C)SCC(=O)OCC(=O)c2ccccc2)no1. The molecule has 0 aliphatic carbocycles. The van der Waals surface area contributed by atoms with E-state index in [1.807, 2.05) is 0 Å². The van der Waals surface area contributed by atoms with Gasteiger partial charge in [0, 0.05) is 11.6 Å². The molecule has 1 atom stereocenters. The van der Waals surface area contributed by atoms with Gasteiger partial charge in [0.2, 0.25) is 5.91 Å². The molecule has 0 saturated heterocycles. The van der Waals surface area contributed by atoms with Gasteiger partial charge in [-0.25, -0.2) is 0 Å². The van der Waals surface area contributed by atoms with E-state index in [1.165, 1.54) is 0 Å². The Morgan fingerprint density at radius 3 is 2.64 bits per heavy atom. The quantitative estimate of drug-likeness (QED) is 0.569. The number of anilines is 1. The van der Waals surface area contributed by atoms with Crippen LogP contribution in [-0.2, 0) is 14.3 Å². The number of esters is 1. The number of thioether (sulfide) groups is 1.